The molecule has 1 heterocycles. The molecule has 0 aliphatic heterocycles. The van der Waals surface area contributed by atoms with Crippen LogP contribution in [0.2, 0.25) is 0 Å². The van der Waals surface area contributed by atoms with Gasteiger partial charge >= 0.3 is 0 Å². The smallest absolute Gasteiger partial charge is 0.181 e. The Bertz CT molecular complexity index is 768. The number of methoxy groups -OCH3 is 2. The second-order valence-electron chi connectivity index (χ2n) is 4.83. The predicted molar refractivity (Wildman–Crippen MR) is 84.5 cm³/mol. The molecule has 0 radical (unpaired) electrons. The predicted octanol–water partition coefficient (Wildman–Crippen LogP) is 3.29. The van der Waals surface area contributed by atoms with Crippen LogP contribution in [0.5, 0.6) is 5.75 Å². The molecule has 3 aromatic rings. The van der Waals surface area contributed by atoms with Crippen molar-refractivity contribution in [2.45, 2.75) is 6.61 Å². The first kappa shape index (κ1) is 14.3. The largest absolute Gasteiger partial charge is 0.497 e. The number of nitrogens with one attached hydrogen (secondary N) is 1. The van der Waals surface area contributed by atoms with Gasteiger partial charge in [0.2, 0.25) is 0 Å². The molecule has 1 N–H and O–H groups in total. The van der Waals surface area contributed by atoms with E-state index in [1.165, 1.54) is 0 Å². The number of hydrogen-bond donors (Lipinski definition) is 1. The maximum atomic E-state index is 5.24. The van der Waals surface area contributed by atoms with Gasteiger partial charge in [-0.15, -0.1) is 0 Å². The lowest BCUT2D eigenvalue weighted by atomic mass is 10.1. The molecule has 5 heteroatoms. The van der Waals surface area contributed by atoms with Crippen molar-refractivity contribution in [1.29, 1.82) is 0 Å². The SMILES string of the molecule is COCc1ccccc1-c1nc(-c2cccc(OC)c2)n[nH]1. The van der Waals surface area contributed by atoms with Gasteiger partial charge in [-0.05, 0) is 17.7 Å². The molecule has 0 unspecified atom stereocenters. The van der Waals surface area contributed by atoms with Gasteiger partial charge in [-0.2, -0.15) is 5.10 Å². The molecule has 0 fully saturated rings. The first-order valence-corrected chi connectivity index (χ1v) is 6.96. The quantitative estimate of drug-likeness (QED) is 0.784. The molecule has 5 nitrogen and oxygen atoms in total. The van der Waals surface area contributed by atoms with Gasteiger partial charge in [0, 0.05) is 18.2 Å². The lowest BCUT2D eigenvalue weighted by Crippen LogP contribution is -1.93. The van der Waals surface area contributed by atoms with Gasteiger partial charge in [-0.25, -0.2) is 4.98 Å². The van der Waals surface area contributed by atoms with E-state index in [4.69, 9.17) is 9.47 Å². The van der Waals surface area contributed by atoms with E-state index >= 15 is 0 Å². The van der Waals surface area contributed by atoms with E-state index in [0.717, 1.165) is 28.3 Å². The molecular weight excluding hydrogens is 278 g/mol. The number of aromatic amines is 1. The minimum Gasteiger partial charge on any atom is -0.497 e. The minimum atomic E-state index is 0.533. The molecule has 0 aliphatic rings. The third-order valence-electron chi connectivity index (χ3n) is 3.39. The number of benzene rings is 2. The number of ether oxygens (including phenoxy) is 2. The van der Waals surface area contributed by atoms with Crippen LogP contribution in [0.1, 0.15) is 5.56 Å². The Kier molecular flexibility index (Phi) is 4.16. The van der Waals surface area contributed by atoms with E-state index in [9.17, 15) is 0 Å². The third kappa shape index (κ3) is 2.84. The highest BCUT2D eigenvalue weighted by Gasteiger charge is 2.11. The second kappa shape index (κ2) is 6.41. The van der Waals surface area contributed by atoms with E-state index in [1.54, 1.807) is 14.2 Å². The second-order valence-corrected chi connectivity index (χ2v) is 4.83. The zero-order valence-electron chi connectivity index (χ0n) is 12.5. The molecule has 0 bridgehead atoms. The lowest BCUT2D eigenvalue weighted by Gasteiger charge is -2.05. The van der Waals surface area contributed by atoms with Gasteiger partial charge in [-0.3, -0.25) is 5.10 Å². The van der Waals surface area contributed by atoms with E-state index in [2.05, 4.69) is 15.2 Å². The summed E-state index contributed by atoms with van der Waals surface area (Å²) in [5.74, 6) is 2.15. The summed E-state index contributed by atoms with van der Waals surface area (Å²) in [5.41, 5.74) is 2.97. The van der Waals surface area contributed by atoms with Crippen LogP contribution in [0, 0.1) is 0 Å². The van der Waals surface area contributed by atoms with Crippen molar-refractivity contribution in [2.75, 3.05) is 14.2 Å². The number of hydrogen-bond acceptors (Lipinski definition) is 4. The van der Waals surface area contributed by atoms with Crippen molar-refractivity contribution in [1.82, 2.24) is 15.2 Å². The molecule has 0 spiro atoms. The van der Waals surface area contributed by atoms with Gasteiger partial charge in [0.1, 0.15) is 5.75 Å². The highest BCUT2D eigenvalue weighted by molar-refractivity contribution is 5.64. The summed E-state index contributed by atoms with van der Waals surface area (Å²) >= 11 is 0. The highest BCUT2D eigenvalue weighted by atomic mass is 16.5. The Labute approximate surface area is 128 Å². The van der Waals surface area contributed by atoms with Crippen LogP contribution in [0.4, 0.5) is 0 Å². The summed E-state index contributed by atoms with van der Waals surface area (Å²) in [6, 6.07) is 15.7. The van der Waals surface area contributed by atoms with Crippen molar-refractivity contribution in [3.05, 3.63) is 54.1 Å². The highest BCUT2D eigenvalue weighted by Crippen LogP contribution is 2.25. The summed E-state index contributed by atoms with van der Waals surface area (Å²) in [7, 11) is 3.32. The molecule has 0 atom stereocenters. The standard InChI is InChI=1S/C17H17N3O2/c1-21-11-13-6-3-4-9-15(13)17-18-16(19-20-17)12-7-5-8-14(10-12)22-2/h3-10H,11H2,1-2H3,(H,18,19,20). The number of aromatic nitrogens is 3. The van der Waals surface area contributed by atoms with Gasteiger partial charge in [0.05, 0.1) is 13.7 Å². The molecule has 3 rings (SSSR count). The molecule has 22 heavy (non-hydrogen) atoms. The van der Waals surface area contributed by atoms with E-state index < -0.39 is 0 Å². The zero-order valence-corrected chi connectivity index (χ0v) is 12.5. The van der Waals surface area contributed by atoms with Gasteiger partial charge in [0.25, 0.3) is 0 Å². The molecule has 0 saturated carbocycles. The topological polar surface area (TPSA) is 60.0 Å². The van der Waals surface area contributed by atoms with Crippen LogP contribution in [0.3, 0.4) is 0 Å². The normalized spacial score (nSPS) is 10.6. The Morgan fingerprint density at radius 3 is 2.73 bits per heavy atom. The van der Waals surface area contributed by atoms with Gasteiger partial charge in [0.15, 0.2) is 11.6 Å². The van der Waals surface area contributed by atoms with Crippen LogP contribution in [-0.4, -0.2) is 29.4 Å². The summed E-state index contributed by atoms with van der Waals surface area (Å²) in [5, 5.41) is 7.31. The Balaban J connectivity index is 1.97. The Morgan fingerprint density at radius 2 is 1.91 bits per heavy atom. The average Bonchev–Trinajstić information content (AvgIpc) is 3.06. The monoisotopic (exact) mass is 295 g/mol. The minimum absolute atomic E-state index is 0.533. The van der Waals surface area contributed by atoms with Crippen LogP contribution >= 0.6 is 0 Å². The molecule has 0 aliphatic carbocycles. The summed E-state index contributed by atoms with van der Waals surface area (Å²) in [6.07, 6.45) is 0. The van der Waals surface area contributed by atoms with Crippen LogP contribution in [-0.2, 0) is 11.3 Å². The van der Waals surface area contributed by atoms with Crippen LogP contribution in [0.25, 0.3) is 22.8 Å². The van der Waals surface area contributed by atoms with Crippen molar-refractivity contribution in [3.8, 4) is 28.5 Å². The fourth-order valence-electron chi connectivity index (χ4n) is 2.31. The van der Waals surface area contributed by atoms with Gasteiger partial charge < -0.3 is 9.47 Å². The molecule has 0 amide bonds. The average molecular weight is 295 g/mol. The van der Waals surface area contributed by atoms with E-state index in [-0.39, 0.29) is 0 Å². The summed E-state index contributed by atoms with van der Waals surface area (Å²) in [4.78, 5) is 4.59. The first-order valence-electron chi connectivity index (χ1n) is 6.96. The number of H-pyrrole nitrogens is 1. The van der Waals surface area contributed by atoms with Gasteiger partial charge in [-0.1, -0.05) is 36.4 Å². The first-order chi connectivity index (χ1) is 10.8. The number of rotatable bonds is 5. The lowest BCUT2D eigenvalue weighted by molar-refractivity contribution is 0.185. The van der Waals surface area contributed by atoms with E-state index in [0.29, 0.717) is 12.4 Å². The van der Waals surface area contributed by atoms with Crippen molar-refractivity contribution < 1.29 is 9.47 Å². The molecule has 2 aromatic carbocycles. The summed E-state index contributed by atoms with van der Waals surface area (Å²) in [6.45, 7) is 0.533. The molecule has 0 saturated heterocycles. The fraction of sp³-hybridized carbons (Fsp3) is 0.176. The molecular formula is C17H17N3O2. The number of nitrogens with zero attached hydrogens (tertiary/aromatic N) is 2. The Morgan fingerprint density at radius 1 is 1.05 bits per heavy atom. The van der Waals surface area contributed by atoms with Crippen molar-refractivity contribution >= 4 is 0 Å². The molecule has 112 valence electrons. The summed E-state index contributed by atoms with van der Waals surface area (Å²) < 4.78 is 10.5. The molecule has 1 aromatic heterocycles. The maximum absolute atomic E-state index is 5.24. The van der Waals surface area contributed by atoms with Crippen molar-refractivity contribution in [2.24, 2.45) is 0 Å². The zero-order chi connectivity index (χ0) is 15.4. The fourth-order valence-corrected chi connectivity index (χ4v) is 2.31. The Hall–Kier alpha value is -2.66. The maximum Gasteiger partial charge on any atom is 0.181 e. The van der Waals surface area contributed by atoms with Crippen LogP contribution < -0.4 is 4.74 Å². The third-order valence-corrected chi connectivity index (χ3v) is 3.39. The van der Waals surface area contributed by atoms with Crippen LogP contribution in [0.15, 0.2) is 48.5 Å². The van der Waals surface area contributed by atoms with E-state index in [1.807, 2.05) is 48.5 Å². The van der Waals surface area contributed by atoms with Crippen molar-refractivity contribution in [3.63, 3.8) is 0 Å².